The summed E-state index contributed by atoms with van der Waals surface area (Å²) in [6.07, 6.45) is 0. The minimum absolute atomic E-state index is 0.215. The summed E-state index contributed by atoms with van der Waals surface area (Å²) in [7, 11) is 3.33. The van der Waals surface area contributed by atoms with Gasteiger partial charge >= 0.3 is 0 Å². The van der Waals surface area contributed by atoms with E-state index in [1.807, 2.05) is 26.0 Å². The second-order valence-electron chi connectivity index (χ2n) is 5.22. The van der Waals surface area contributed by atoms with E-state index in [1.54, 1.807) is 14.2 Å². The first-order chi connectivity index (χ1) is 8.37. The number of nitrogens with two attached hydrogens (primary N) is 1. The normalized spacial score (nSPS) is 11.4. The maximum absolute atomic E-state index is 5.94. The van der Waals surface area contributed by atoms with Crippen molar-refractivity contribution in [1.29, 1.82) is 0 Å². The summed E-state index contributed by atoms with van der Waals surface area (Å²) in [5.74, 6) is 1.65. The minimum Gasteiger partial charge on any atom is -0.497 e. The molecule has 0 aliphatic heterocycles. The lowest BCUT2D eigenvalue weighted by atomic mass is 10.1. The minimum atomic E-state index is -0.215. The summed E-state index contributed by atoms with van der Waals surface area (Å²) in [6, 6.07) is 3.91. The number of nitrogens with one attached hydrogen (secondary N) is 1. The monoisotopic (exact) mass is 252 g/mol. The van der Waals surface area contributed by atoms with Crippen LogP contribution in [-0.2, 0) is 6.54 Å². The number of hydrogen-bond donors (Lipinski definition) is 2. The van der Waals surface area contributed by atoms with Crippen molar-refractivity contribution < 1.29 is 9.47 Å². The highest BCUT2D eigenvalue weighted by Crippen LogP contribution is 2.28. The van der Waals surface area contributed by atoms with Gasteiger partial charge in [0.25, 0.3) is 0 Å². The number of rotatable bonds is 6. The number of ether oxygens (including phenoxy) is 2. The van der Waals surface area contributed by atoms with Crippen molar-refractivity contribution in [3.63, 3.8) is 0 Å². The summed E-state index contributed by atoms with van der Waals surface area (Å²) in [6.45, 7) is 7.53. The second-order valence-corrected chi connectivity index (χ2v) is 5.22. The molecule has 0 fully saturated rings. The number of aryl methyl sites for hydroxylation is 1. The molecule has 4 nitrogen and oxygen atoms in total. The standard InChI is InChI=1S/C14H24N2O2/c1-10-6-11(17-4)7-13(18-5)12(10)8-16-9-14(2,3)15/h6-7,16H,8-9,15H2,1-5H3. The predicted molar refractivity (Wildman–Crippen MR) is 74.3 cm³/mol. The summed E-state index contributed by atoms with van der Waals surface area (Å²) < 4.78 is 10.6. The van der Waals surface area contributed by atoms with Crippen molar-refractivity contribution in [1.82, 2.24) is 5.32 Å². The third-order valence-corrected chi connectivity index (χ3v) is 2.74. The highest BCUT2D eigenvalue weighted by Gasteiger charge is 2.12. The van der Waals surface area contributed by atoms with Crippen molar-refractivity contribution in [2.24, 2.45) is 5.73 Å². The molecule has 18 heavy (non-hydrogen) atoms. The van der Waals surface area contributed by atoms with Gasteiger partial charge in [0.05, 0.1) is 14.2 Å². The van der Waals surface area contributed by atoms with E-state index >= 15 is 0 Å². The Morgan fingerprint density at radius 2 is 1.89 bits per heavy atom. The molecule has 102 valence electrons. The van der Waals surface area contributed by atoms with E-state index in [-0.39, 0.29) is 5.54 Å². The summed E-state index contributed by atoms with van der Waals surface area (Å²) >= 11 is 0. The zero-order valence-electron chi connectivity index (χ0n) is 12.0. The van der Waals surface area contributed by atoms with Gasteiger partial charge in [0.15, 0.2) is 0 Å². The number of hydrogen-bond acceptors (Lipinski definition) is 4. The first-order valence-corrected chi connectivity index (χ1v) is 6.08. The van der Waals surface area contributed by atoms with Gasteiger partial charge in [-0.2, -0.15) is 0 Å². The van der Waals surface area contributed by atoms with Crippen LogP contribution < -0.4 is 20.5 Å². The maximum Gasteiger partial charge on any atom is 0.127 e. The Hall–Kier alpha value is -1.26. The molecule has 0 atom stereocenters. The lowest BCUT2D eigenvalue weighted by Crippen LogP contribution is -2.42. The maximum atomic E-state index is 5.94. The molecule has 0 aliphatic rings. The molecule has 0 radical (unpaired) electrons. The van der Waals surface area contributed by atoms with Crippen LogP contribution in [-0.4, -0.2) is 26.3 Å². The molecule has 0 aromatic heterocycles. The van der Waals surface area contributed by atoms with Crippen molar-refractivity contribution in [2.45, 2.75) is 32.9 Å². The van der Waals surface area contributed by atoms with Crippen LogP contribution in [0, 0.1) is 6.92 Å². The molecule has 0 saturated heterocycles. The largest absolute Gasteiger partial charge is 0.497 e. The van der Waals surface area contributed by atoms with Crippen LogP contribution in [0.3, 0.4) is 0 Å². The fraction of sp³-hybridized carbons (Fsp3) is 0.571. The van der Waals surface area contributed by atoms with Crippen molar-refractivity contribution in [3.05, 3.63) is 23.3 Å². The third kappa shape index (κ3) is 4.20. The van der Waals surface area contributed by atoms with Gasteiger partial charge in [-0.05, 0) is 32.4 Å². The molecule has 1 rings (SSSR count). The van der Waals surface area contributed by atoms with E-state index in [1.165, 1.54) is 0 Å². The lowest BCUT2D eigenvalue weighted by Gasteiger charge is -2.20. The Morgan fingerprint density at radius 1 is 1.22 bits per heavy atom. The van der Waals surface area contributed by atoms with E-state index in [2.05, 4.69) is 12.2 Å². The van der Waals surface area contributed by atoms with Crippen LogP contribution in [0.15, 0.2) is 12.1 Å². The molecule has 0 saturated carbocycles. The van der Waals surface area contributed by atoms with Gasteiger partial charge in [-0.25, -0.2) is 0 Å². The molecule has 0 aliphatic carbocycles. The van der Waals surface area contributed by atoms with Crippen LogP contribution in [0.25, 0.3) is 0 Å². The van der Waals surface area contributed by atoms with Gasteiger partial charge in [0, 0.05) is 30.3 Å². The summed E-state index contributed by atoms with van der Waals surface area (Å²) in [5, 5.41) is 3.35. The molecule has 0 bridgehead atoms. The van der Waals surface area contributed by atoms with Crippen LogP contribution >= 0.6 is 0 Å². The Bertz CT molecular complexity index is 398. The Labute approximate surface area is 109 Å². The zero-order chi connectivity index (χ0) is 13.8. The molecular formula is C14H24N2O2. The van der Waals surface area contributed by atoms with Gasteiger partial charge < -0.3 is 20.5 Å². The van der Waals surface area contributed by atoms with E-state index in [0.717, 1.165) is 35.7 Å². The van der Waals surface area contributed by atoms with Crippen molar-refractivity contribution in [3.8, 4) is 11.5 Å². The lowest BCUT2D eigenvalue weighted by molar-refractivity contribution is 0.387. The average Bonchev–Trinajstić information content (AvgIpc) is 2.29. The summed E-state index contributed by atoms with van der Waals surface area (Å²) in [5.41, 5.74) is 8.01. The molecule has 1 aromatic carbocycles. The molecular weight excluding hydrogens is 228 g/mol. The molecule has 0 unspecified atom stereocenters. The van der Waals surface area contributed by atoms with Crippen molar-refractivity contribution >= 4 is 0 Å². The second kappa shape index (κ2) is 6.07. The van der Waals surface area contributed by atoms with Gasteiger partial charge in [0.2, 0.25) is 0 Å². The van der Waals surface area contributed by atoms with Crippen LogP contribution in [0.2, 0.25) is 0 Å². The SMILES string of the molecule is COc1cc(C)c(CNCC(C)(C)N)c(OC)c1. The molecule has 3 N–H and O–H groups in total. The van der Waals surface area contributed by atoms with E-state index < -0.39 is 0 Å². The smallest absolute Gasteiger partial charge is 0.127 e. The highest BCUT2D eigenvalue weighted by molar-refractivity contribution is 5.46. The number of benzene rings is 1. The van der Waals surface area contributed by atoms with Crippen LogP contribution in [0.5, 0.6) is 11.5 Å². The van der Waals surface area contributed by atoms with Gasteiger partial charge in [-0.3, -0.25) is 0 Å². The summed E-state index contributed by atoms with van der Waals surface area (Å²) in [4.78, 5) is 0. The molecule has 4 heteroatoms. The first kappa shape index (κ1) is 14.8. The van der Waals surface area contributed by atoms with Crippen LogP contribution in [0.1, 0.15) is 25.0 Å². The zero-order valence-corrected chi connectivity index (χ0v) is 12.0. The Morgan fingerprint density at radius 3 is 2.39 bits per heavy atom. The van der Waals surface area contributed by atoms with Crippen LogP contribution in [0.4, 0.5) is 0 Å². The first-order valence-electron chi connectivity index (χ1n) is 6.08. The Balaban J connectivity index is 2.81. The molecule has 0 heterocycles. The highest BCUT2D eigenvalue weighted by atomic mass is 16.5. The van der Waals surface area contributed by atoms with Gasteiger partial charge in [-0.1, -0.05) is 0 Å². The molecule has 0 spiro atoms. The van der Waals surface area contributed by atoms with E-state index in [9.17, 15) is 0 Å². The van der Waals surface area contributed by atoms with Gasteiger partial charge in [0.1, 0.15) is 11.5 Å². The fourth-order valence-corrected chi connectivity index (χ4v) is 1.79. The topological polar surface area (TPSA) is 56.5 Å². The molecule has 0 amide bonds. The fourth-order valence-electron chi connectivity index (χ4n) is 1.79. The predicted octanol–water partition coefficient (Wildman–Crippen LogP) is 1.84. The number of methoxy groups -OCH3 is 2. The van der Waals surface area contributed by atoms with E-state index in [0.29, 0.717) is 0 Å². The molecule has 1 aromatic rings. The van der Waals surface area contributed by atoms with Gasteiger partial charge in [-0.15, -0.1) is 0 Å². The third-order valence-electron chi connectivity index (χ3n) is 2.74. The van der Waals surface area contributed by atoms with Crippen molar-refractivity contribution in [2.75, 3.05) is 20.8 Å². The Kier molecular flexibility index (Phi) is 4.99. The van der Waals surface area contributed by atoms with E-state index in [4.69, 9.17) is 15.2 Å². The quantitative estimate of drug-likeness (QED) is 0.811. The average molecular weight is 252 g/mol.